The predicted octanol–water partition coefficient (Wildman–Crippen LogP) is 2.45. The van der Waals surface area contributed by atoms with E-state index in [9.17, 15) is 9.90 Å². The van der Waals surface area contributed by atoms with E-state index in [-0.39, 0.29) is 6.04 Å². The molecule has 0 saturated carbocycles. The van der Waals surface area contributed by atoms with Crippen LogP contribution < -0.4 is 5.32 Å². The number of hydrogen-bond donors (Lipinski definition) is 2. The quantitative estimate of drug-likeness (QED) is 0.814. The molecule has 1 aromatic carbocycles. The Balaban J connectivity index is 2.74. The van der Waals surface area contributed by atoms with Crippen LogP contribution in [0.15, 0.2) is 18.2 Å². The maximum absolute atomic E-state index is 11.2. The Bertz CT molecular complexity index is 416. The van der Waals surface area contributed by atoms with Gasteiger partial charge in [-0.2, -0.15) is 0 Å². The lowest BCUT2D eigenvalue weighted by molar-refractivity contribution is 0.0698. The van der Waals surface area contributed by atoms with Crippen molar-refractivity contribution < 1.29 is 9.90 Å². The summed E-state index contributed by atoms with van der Waals surface area (Å²) in [5.74, 6) is -0.888. The first-order valence-corrected chi connectivity index (χ1v) is 6.15. The summed E-state index contributed by atoms with van der Waals surface area (Å²) in [4.78, 5) is 13.3. The lowest BCUT2D eigenvalue weighted by Crippen LogP contribution is -2.23. The Morgan fingerprint density at radius 2 is 2.11 bits per heavy atom. The number of rotatable bonds is 6. The topological polar surface area (TPSA) is 52.6 Å². The Hall–Kier alpha value is -1.55. The van der Waals surface area contributed by atoms with E-state index in [1.807, 2.05) is 33.2 Å². The van der Waals surface area contributed by atoms with E-state index in [0.29, 0.717) is 11.3 Å². The van der Waals surface area contributed by atoms with Gasteiger partial charge >= 0.3 is 5.97 Å². The van der Waals surface area contributed by atoms with E-state index in [4.69, 9.17) is 0 Å². The molecule has 1 atom stereocenters. The minimum atomic E-state index is -0.888. The standard InChI is InChI=1S/C14H22N2O2/c1-10-5-6-13(12(9-10)14(17)18)15-11(2)7-8-16(3)4/h5-6,9,11,15H,7-8H2,1-4H3,(H,17,18). The normalized spacial score (nSPS) is 12.5. The lowest BCUT2D eigenvalue weighted by atomic mass is 10.1. The SMILES string of the molecule is Cc1ccc(NC(C)CCN(C)C)c(C(=O)O)c1. The van der Waals surface area contributed by atoms with Crippen LogP contribution in [0.1, 0.15) is 29.3 Å². The van der Waals surface area contributed by atoms with Crippen LogP contribution in [0.3, 0.4) is 0 Å². The van der Waals surface area contributed by atoms with Gasteiger partial charge in [0.15, 0.2) is 0 Å². The van der Waals surface area contributed by atoms with Crippen LogP contribution in [0, 0.1) is 6.92 Å². The first-order chi connectivity index (χ1) is 8.40. The molecule has 0 amide bonds. The number of carbonyl (C=O) groups is 1. The number of aromatic carboxylic acids is 1. The predicted molar refractivity (Wildman–Crippen MR) is 74.4 cm³/mol. The molecular formula is C14H22N2O2. The maximum atomic E-state index is 11.2. The van der Waals surface area contributed by atoms with Gasteiger partial charge in [-0.15, -0.1) is 0 Å². The molecule has 0 aliphatic heterocycles. The summed E-state index contributed by atoms with van der Waals surface area (Å²) in [6, 6.07) is 5.70. The smallest absolute Gasteiger partial charge is 0.337 e. The second kappa shape index (κ2) is 6.40. The van der Waals surface area contributed by atoms with Crippen molar-refractivity contribution in [1.29, 1.82) is 0 Å². The van der Waals surface area contributed by atoms with Crippen LogP contribution in [0.25, 0.3) is 0 Å². The fourth-order valence-electron chi connectivity index (χ4n) is 1.75. The van der Waals surface area contributed by atoms with E-state index < -0.39 is 5.97 Å². The number of anilines is 1. The van der Waals surface area contributed by atoms with E-state index in [0.717, 1.165) is 18.5 Å². The fraction of sp³-hybridized carbons (Fsp3) is 0.500. The van der Waals surface area contributed by atoms with E-state index in [2.05, 4.69) is 17.1 Å². The van der Waals surface area contributed by atoms with Crippen LogP contribution in [-0.2, 0) is 0 Å². The summed E-state index contributed by atoms with van der Waals surface area (Å²) in [5, 5.41) is 12.4. The second-order valence-corrected chi connectivity index (χ2v) is 4.99. The highest BCUT2D eigenvalue weighted by molar-refractivity contribution is 5.94. The van der Waals surface area contributed by atoms with Crippen molar-refractivity contribution in [2.75, 3.05) is 26.0 Å². The number of hydrogen-bond acceptors (Lipinski definition) is 3. The number of benzene rings is 1. The molecule has 0 aromatic heterocycles. The van der Waals surface area contributed by atoms with Crippen molar-refractivity contribution in [2.24, 2.45) is 0 Å². The highest BCUT2D eigenvalue weighted by Gasteiger charge is 2.12. The summed E-state index contributed by atoms with van der Waals surface area (Å²) < 4.78 is 0. The van der Waals surface area contributed by atoms with Crippen molar-refractivity contribution >= 4 is 11.7 Å². The van der Waals surface area contributed by atoms with Gasteiger partial charge in [-0.3, -0.25) is 0 Å². The molecule has 0 radical (unpaired) electrons. The first kappa shape index (κ1) is 14.5. The summed E-state index contributed by atoms with van der Waals surface area (Å²) in [5.41, 5.74) is 1.99. The molecule has 0 aliphatic carbocycles. The summed E-state index contributed by atoms with van der Waals surface area (Å²) >= 11 is 0. The van der Waals surface area contributed by atoms with Gasteiger partial charge in [0.05, 0.1) is 5.56 Å². The van der Waals surface area contributed by atoms with Gasteiger partial charge in [0, 0.05) is 11.7 Å². The molecule has 18 heavy (non-hydrogen) atoms. The van der Waals surface area contributed by atoms with Crippen LogP contribution in [-0.4, -0.2) is 42.7 Å². The first-order valence-electron chi connectivity index (χ1n) is 6.15. The zero-order valence-electron chi connectivity index (χ0n) is 11.5. The van der Waals surface area contributed by atoms with Gasteiger partial charge < -0.3 is 15.3 Å². The molecule has 0 aliphatic rings. The van der Waals surface area contributed by atoms with E-state index >= 15 is 0 Å². The molecule has 100 valence electrons. The lowest BCUT2D eigenvalue weighted by Gasteiger charge is -2.19. The molecule has 4 nitrogen and oxygen atoms in total. The molecule has 1 rings (SSSR count). The van der Waals surface area contributed by atoms with Crippen molar-refractivity contribution in [1.82, 2.24) is 4.90 Å². The largest absolute Gasteiger partial charge is 0.478 e. The molecule has 0 heterocycles. The van der Waals surface area contributed by atoms with Gasteiger partial charge in [0.2, 0.25) is 0 Å². The average molecular weight is 250 g/mol. The van der Waals surface area contributed by atoms with Crippen molar-refractivity contribution in [2.45, 2.75) is 26.3 Å². The fourth-order valence-corrected chi connectivity index (χ4v) is 1.75. The molecule has 1 unspecified atom stereocenters. The molecule has 2 N–H and O–H groups in total. The van der Waals surface area contributed by atoms with E-state index in [1.54, 1.807) is 6.07 Å². The van der Waals surface area contributed by atoms with Gasteiger partial charge in [-0.05, 0) is 53.0 Å². The van der Waals surface area contributed by atoms with Crippen molar-refractivity contribution in [3.8, 4) is 0 Å². The van der Waals surface area contributed by atoms with Gasteiger partial charge in [0.25, 0.3) is 0 Å². The van der Waals surface area contributed by atoms with Crippen LogP contribution in [0.4, 0.5) is 5.69 Å². The maximum Gasteiger partial charge on any atom is 0.337 e. The number of carboxylic acid groups (broad SMARTS) is 1. The molecular weight excluding hydrogens is 228 g/mol. The van der Waals surface area contributed by atoms with Crippen LogP contribution in [0.5, 0.6) is 0 Å². The average Bonchev–Trinajstić information content (AvgIpc) is 2.28. The number of aryl methyl sites for hydroxylation is 1. The zero-order valence-corrected chi connectivity index (χ0v) is 11.5. The molecule has 0 spiro atoms. The molecule has 1 aromatic rings. The highest BCUT2D eigenvalue weighted by Crippen LogP contribution is 2.19. The Morgan fingerprint density at radius 1 is 1.44 bits per heavy atom. The Kier molecular flexibility index (Phi) is 5.16. The molecule has 0 bridgehead atoms. The Labute approximate surface area is 109 Å². The molecule has 0 fully saturated rings. The summed E-state index contributed by atoms with van der Waals surface area (Å²) in [6.45, 7) is 4.93. The molecule has 4 heteroatoms. The monoisotopic (exact) mass is 250 g/mol. The second-order valence-electron chi connectivity index (χ2n) is 4.99. The minimum absolute atomic E-state index is 0.244. The van der Waals surface area contributed by atoms with Crippen molar-refractivity contribution in [3.05, 3.63) is 29.3 Å². The van der Waals surface area contributed by atoms with Gasteiger partial charge in [-0.25, -0.2) is 4.79 Å². The highest BCUT2D eigenvalue weighted by atomic mass is 16.4. The van der Waals surface area contributed by atoms with Crippen molar-refractivity contribution in [3.63, 3.8) is 0 Å². The van der Waals surface area contributed by atoms with E-state index in [1.165, 1.54) is 0 Å². The Morgan fingerprint density at radius 3 is 2.67 bits per heavy atom. The molecule has 0 saturated heterocycles. The minimum Gasteiger partial charge on any atom is -0.478 e. The third-order valence-electron chi connectivity index (χ3n) is 2.82. The van der Waals surface area contributed by atoms with Gasteiger partial charge in [0.1, 0.15) is 0 Å². The summed E-state index contributed by atoms with van der Waals surface area (Å²) in [6.07, 6.45) is 0.972. The summed E-state index contributed by atoms with van der Waals surface area (Å²) in [7, 11) is 4.06. The number of nitrogens with one attached hydrogen (secondary N) is 1. The van der Waals surface area contributed by atoms with Crippen LogP contribution in [0.2, 0.25) is 0 Å². The third-order valence-corrected chi connectivity index (χ3v) is 2.82. The number of carboxylic acids is 1. The zero-order chi connectivity index (χ0) is 13.7. The van der Waals surface area contributed by atoms with Gasteiger partial charge in [-0.1, -0.05) is 11.6 Å². The number of nitrogens with zero attached hydrogens (tertiary/aromatic N) is 1. The third kappa shape index (κ3) is 4.37. The van der Waals surface area contributed by atoms with Crippen LogP contribution >= 0.6 is 0 Å².